The number of hydrogen-bond acceptors (Lipinski definition) is 4. The first kappa shape index (κ1) is 20.0. The summed E-state index contributed by atoms with van der Waals surface area (Å²) in [5.41, 5.74) is 0. The summed E-state index contributed by atoms with van der Waals surface area (Å²) < 4.78 is 29.9. The van der Waals surface area contributed by atoms with Crippen molar-refractivity contribution in [2.24, 2.45) is 5.92 Å². The van der Waals surface area contributed by atoms with Crippen LogP contribution in [0.5, 0.6) is 0 Å². The minimum Gasteiger partial charge on any atom is -0.356 e. The summed E-state index contributed by atoms with van der Waals surface area (Å²) in [5, 5.41) is 2.93. The second-order valence-electron chi connectivity index (χ2n) is 6.60. The van der Waals surface area contributed by atoms with Crippen LogP contribution in [0, 0.1) is 5.92 Å². The fourth-order valence-electron chi connectivity index (χ4n) is 3.17. The van der Waals surface area contributed by atoms with E-state index >= 15 is 0 Å². The molecule has 1 fully saturated rings. The van der Waals surface area contributed by atoms with Gasteiger partial charge in [0, 0.05) is 43.0 Å². The quantitative estimate of drug-likeness (QED) is 0.650. The molecule has 146 valence electrons. The number of aryl methyl sites for hydroxylation is 1. The van der Waals surface area contributed by atoms with Gasteiger partial charge in [0.2, 0.25) is 15.9 Å². The Hall–Kier alpha value is -1.71. The first-order valence-electron chi connectivity index (χ1n) is 8.96. The Morgan fingerprint density at radius 1 is 1.30 bits per heavy atom. The van der Waals surface area contributed by atoms with E-state index in [2.05, 4.69) is 26.2 Å². The van der Waals surface area contributed by atoms with Crippen molar-refractivity contribution in [1.29, 1.82) is 0 Å². The number of amides is 1. The van der Waals surface area contributed by atoms with Gasteiger partial charge in [-0.25, -0.2) is 13.4 Å². The van der Waals surface area contributed by atoms with Crippen LogP contribution in [0.1, 0.15) is 19.3 Å². The number of nitrogens with zero attached hydrogens (tertiary/aromatic N) is 3. The zero-order valence-corrected chi connectivity index (χ0v) is 17.3. The number of aromatic nitrogens is 2. The third-order valence-electron chi connectivity index (χ3n) is 4.66. The van der Waals surface area contributed by atoms with Crippen molar-refractivity contribution in [3.63, 3.8) is 0 Å². The van der Waals surface area contributed by atoms with Gasteiger partial charge < -0.3 is 9.88 Å². The standard InChI is InChI=1S/C18H23BrN4O3S/c19-16-4-6-17(7-5-16)27(25,26)23-11-1-3-15(13-23)18(24)21-8-2-10-22-12-9-20-14-22/h4-7,9,12,14-15H,1-3,8,10-11,13H2,(H,21,24)/t15-/m0/s1. The van der Waals surface area contributed by atoms with Crippen LogP contribution in [-0.2, 0) is 21.4 Å². The predicted octanol–water partition coefficient (Wildman–Crippen LogP) is 2.25. The van der Waals surface area contributed by atoms with Crippen LogP contribution in [0.3, 0.4) is 0 Å². The van der Waals surface area contributed by atoms with Crippen molar-refractivity contribution < 1.29 is 13.2 Å². The highest BCUT2D eigenvalue weighted by Gasteiger charge is 2.33. The Labute approximate surface area is 168 Å². The molecule has 1 aromatic carbocycles. The highest BCUT2D eigenvalue weighted by atomic mass is 79.9. The lowest BCUT2D eigenvalue weighted by Gasteiger charge is -2.31. The normalized spacial score (nSPS) is 18.3. The Morgan fingerprint density at radius 3 is 2.78 bits per heavy atom. The zero-order chi connectivity index (χ0) is 19.3. The summed E-state index contributed by atoms with van der Waals surface area (Å²) in [7, 11) is -3.58. The molecule has 1 N–H and O–H groups in total. The third kappa shape index (κ3) is 5.18. The fraction of sp³-hybridized carbons (Fsp3) is 0.444. The molecule has 0 aliphatic carbocycles. The molecule has 1 aliphatic heterocycles. The number of carbonyl (C=O) groups is 1. The number of piperidine rings is 1. The van der Waals surface area contributed by atoms with Crippen LogP contribution in [0.2, 0.25) is 0 Å². The van der Waals surface area contributed by atoms with Crippen molar-refractivity contribution in [3.8, 4) is 0 Å². The van der Waals surface area contributed by atoms with Gasteiger partial charge in [0.15, 0.2) is 0 Å². The summed E-state index contributed by atoms with van der Waals surface area (Å²) >= 11 is 3.31. The summed E-state index contributed by atoms with van der Waals surface area (Å²) in [6, 6.07) is 6.58. The molecule has 1 aromatic heterocycles. The molecular weight excluding hydrogens is 432 g/mol. The maximum Gasteiger partial charge on any atom is 0.243 e. The van der Waals surface area contributed by atoms with Gasteiger partial charge in [0.05, 0.1) is 17.1 Å². The van der Waals surface area contributed by atoms with E-state index in [1.54, 1.807) is 36.8 Å². The van der Waals surface area contributed by atoms with E-state index in [0.29, 0.717) is 25.9 Å². The number of benzene rings is 1. The molecule has 2 aromatic rings. The SMILES string of the molecule is O=C(NCCCn1ccnc1)[C@H]1CCCN(S(=O)(=O)c2ccc(Br)cc2)C1. The maximum absolute atomic E-state index is 12.8. The van der Waals surface area contributed by atoms with E-state index in [-0.39, 0.29) is 23.3 Å². The predicted molar refractivity (Wildman–Crippen MR) is 105 cm³/mol. The lowest BCUT2D eigenvalue weighted by Crippen LogP contribution is -2.45. The van der Waals surface area contributed by atoms with Gasteiger partial charge in [0.1, 0.15) is 0 Å². The van der Waals surface area contributed by atoms with Gasteiger partial charge in [-0.3, -0.25) is 4.79 Å². The molecule has 1 aliphatic rings. The molecule has 3 rings (SSSR count). The van der Waals surface area contributed by atoms with Crippen LogP contribution in [0.4, 0.5) is 0 Å². The van der Waals surface area contributed by atoms with Gasteiger partial charge in [-0.05, 0) is 43.5 Å². The number of hydrogen-bond donors (Lipinski definition) is 1. The van der Waals surface area contributed by atoms with Gasteiger partial charge in [0.25, 0.3) is 0 Å². The molecule has 0 saturated carbocycles. The number of halogens is 1. The Bertz CT molecular complexity index is 853. The molecule has 0 radical (unpaired) electrons. The first-order chi connectivity index (χ1) is 13.0. The molecule has 27 heavy (non-hydrogen) atoms. The summed E-state index contributed by atoms with van der Waals surface area (Å²) in [5.74, 6) is -0.381. The van der Waals surface area contributed by atoms with Gasteiger partial charge in [-0.15, -0.1) is 0 Å². The lowest BCUT2D eigenvalue weighted by molar-refractivity contribution is -0.126. The summed E-state index contributed by atoms with van der Waals surface area (Å²) in [4.78, 5) is 16.7. The maximum atomic E-state index is 12.8. The van der Waals surface area contributed by atoms with Crippen molar-refractivity contribution >= 4 is 31.9 Å². The Balaban J connectivity index is 1.53. The molecule has 1 atom stereocenters. The van der Waals surface area contributed by atoms with E-state index in [1.807, 2.05) is 10.8 Å². The van der Waals surface area contributed by atoms with Crippen LogP contribution in [-0.4, -0.2) is 47.8 Å². The zero-order valence-electron chi connectivity index (χ0n) is 14.9. The lowest BCUT2D eigenvalue weighted by atomic mass is 9.99. The third-order valence-corrected chi connectivity index (χ3v) is 7.07. The second kappa shape index (κ2) is 8.99. The Morgan fingerprint density at radius 2 is 2.07 bits per heavy atom. The summed E-state index contributed by atoms with van der Waals surface area (Å²) in [6.07, 6.45) is 7.54. The molecule has 2 heterocycles. The van der Waals surface area contributed by atoms with Crippen molar-refractivity contribution in [1.82, 2.24) is 19.2 Å². The average molecular weight is 455 g/mol. The summed E-state index contributed by atoms with van der Waals surface area (Å²) in [6.45, 7) is 2.02. The number of carbonyl (C=O) groups excluding carboxylic acids is 1. The number of nitrogens with one attached hydrogen (secondary N) is 1. The van der Waals surface area contributed by atoms with Crippen molar-refractivity contribution in [2.75, 3.05) is 19.6 Å². The Kier molecular flexibility index (Phi) is 6.67. The van der Waals surface area contributed by atoms with E-state index in [4.69, 9.17) is 0 Å². The number of imidazole rings is 1. The van der Waals surface area contributed by atoms with Crippen LogP contribution in [0.25, 0.3) is 0 Å². The van der Waals surface area contributed by atoms with Crippen molar-refractivity contribution in [2.45, 2.75) is 30.7 Å². The van der Waals surface area contributed by atoms with Gasteiger partial charge >= 0.3 is 0 Å². The first-order valence-corrected chi connectivity index (χ1v) is 11.2. The monoisotopic (exact) mass is 454 g/mol. The van der Waals surface area contributed by atoms with E-state index in [0.717, 1.165) is 17.4 Å². The van der Waals surface area contributed by atoms with Gasteiger partial charge in [-0.1, -0.05) is 15.9 Å². The van der Waals surface area contributed by atoms with E-state index in [1.165, 1.54) is 4.31 Å². The molecule has 0 bridgehead atoms. The second-order valence-corrected chi connectivity index (χ2v) is 9.45. The minimum absolute atomic E-state index is 0.0728. The molecule has 9 heteroatoms. The van der Waals surface area contributed by atoms with E-state index < -0.39 is 10.0 Å². The molecule has 7 nitrogen and oxygen atoms in total. The highest BCUT2D eigenvalue weighted by Crippen LogP contribution is 2.25. The number of sulfonamides is 1. The molecule has 1 amide bonds. The molecular formula is C18H23BrN4O3S. The smallest absolute Gasteiger partial charge is 0.243 e. The van der Waals surface area contributed by atoms with Crippen molar-refractivity contribution in [3.05, 3.63) is 47.5 Å². The fourth-order valence-corrected chi connectivity index (χ4v) is 4.96. The van der Waals surface area contributed by atoms with Crippen LogP contribution < -0.4 is 5.32 Å². The molecule has 0 unspecified atom stereocenters. The minimum atomic E-state index is -3.58. The highest BCUT2D eigenvalue weighted by molar-refractivity contribution is 9.10. The van der Waals surface area contributed by atoms with Crippen LogP contribution in [0.15, 0.2) is 52.4 Å². The molecule has 0 spiro atoms. The van der Waals surface area contributed by atoms with Gasteiger partial charge in [-0.2, -0.15) is 4.31 Å². The number of rotatable bonds is 7. The largest absolute Gasteiger partial charge is 0.356 e. The average Bonchev–Trinajstić information content (AvgIpc) is 3.19. The van der Waals surface area contributed by atoms with E-state index in [9.17, 15) is 13.2 Å². The topological polar surface area (TPSA) is 84.3 Å². The van der Waals surface area contributed by atoms with Crippen LogP contribution >= 0.6 is 15.9 Å². The molecule has 1 saturated heterocycles.